The Hall–Kier alpha value is -3.72. The summed E-state index contributed by atoms with van der Waals surface area (Å²) in [5.74, 6) is 2.02. The molecule has 1 aliphatic heterocycles. The molecular formula is C28H36N2O7. The van der Waals surface area contributed by atoms with Gasteiger partial charge in [-0.3, -0.25) is 9.59 Å². The van der Waals surface area contributed by atoms with E-state index in [2.05, 4.69) is 11.9 Å². The number of anilines is 1. The minimum Gasteiger partial charge on any atom is -0.504 e. The predicted octanol–water partition coefficient (Wildman–Crippen LogP) is 3.44. The van der Waals surface area contributed by atoms with Crippen LogP contribution in [0, 0.1) is 0 Å². The van der Waals surface area contributed by atoms with Gasteiger partial charge in [-0.25, -0.2) is 0 Å². The van der Waals surface area contributed by atoms with Crippen molar-refractivity contribution in [3.05, 3.63) is 48.0 Å². The van der Waals surface area contributed by atoms with Gasteiger partial charge >= 0.3 is 0 Å². The third-order valence-electron chi connectivity index (χ3n) is 6.03. The zero-order chi connectivity index (χ0) is 26.8. The maximum atomic E-state index is 12.6. The van der Waals surface area contributed by atoms with Gasteiger partial charge in [0.1, 0.15) is 18.1 Å². The molecule has 1 heterocycles. The number of nitrogens with zero attached hydrogens (tertiary/aromatic N) is 1. The van der Waals surface area contributed by atoms with Crippen molar-refractivity contribution < 1.29 is 33.6 Å². The summed E-state index contributed by atoms with van der Waals surface area (Å²) in [5.41, 5.74) is 2.33. The highest BCUT2D eigenvalue weighted by molar-refractivity contribution is 5.99. The van der Waals surface area contributed by atoms with Gasteiger partial charge in [-0.2, -0.15) is 0 Å². The zero-order valence-electron chi connectivity index (χ0n) is 21.8. The molecule has 2 aromatic carbocycles. The van der Waals surface area contributed by atoms with Crippen molar-refractivity contribution in [1.82, 2.24) is 5.32 Å². The van der Waals surface area contributed by atoms with E-state index in [9.17, 15) is 14.7 Å². The van der Waals surface area contributed by atoms with E-state index >= 15 is 0 Å². The van der Waals surface area contributed by atoms with E-state index in [4.69, 9.17) is 18.9 Å². The van der Waals surface area contributed by atoms with Crippen molar-refractivity contribution in [2.75, 3.05) is 52.0 Å². The third-order valence-corrected chi connectivity index (χ3v) is 6.03. The second-order valence-electron chi connectivity index (χ2n) is 8.68. The number of benzene rings is 2. The number of hydrogen-bond acceptors (Lipinski definition) is 8. The molecule has 1 aliphatic rings. The molecule has 0 fully saturated rings. The number of carbonyl (C=O) groups is 2. The summed E-state index contributed by atoms with van der Waals surface area (Å²) in [7, 11) is 3.03. The fourth-order valence-electron chi connectivity index (χ4n) is 4.26. The van der Waals surface area contributed by atoms with Crippen molar-refractivity contribution in [2.24, 2.45) is 0 Å². The van der Waals surface area contributed by atoms with Gasteiger partial charge in [-0.15, -0.1) is 6.58 Å². The smallest absolute Gasteiger partial charge is 0.227 e. The van der Waals surface area contributed by atoms with Crippen LogP contribution < -0.4 is 29.2 Å². The molecule has 37 heavy (non-hydrogen) atoms. The summed E-state index contributed by atoms with van der Waals surface area (Å²) in [5, 5.41) is 13.8. The van der Waals surface area contributed by atoms with Crippen molar-refractivity contribution in [3.8, 4) is 28.7 Å². The van der Waals surface area contributed by atoms with Crippen LogP contribution in [0.3, 0.4) is 0 Å². The largest absolute Gasteiger partial charge is 0.504 e. The summed E-state index contributed by atoms with van der Waals surface area (Å²) in [4.78, 5) is 25.7. The number of carbonyl (C=O) groups excluding carboxylic acids is 2. The Bertz CT molecular complexity index is 1120. The van der Waals surface area contributed by atoms with Crippen LogP contribution in [-0.4, -0.2) is 63.9 Å². The molecule has 2 N–H and O–H groups in total. The Balaban J connectivity index is 1.55. The van der Waals surface area contributed by atoms with E-state index in [-0.39, 0.29) is 24.0 Å². The normalized spacial score (nSPS) is 12.6. The van der Waals surface area contributed by atoms with Crippen LogP contribution in [0.15, 0.2) is 36.9 Å². The molecule has 0 aromatic heterocycles. The number of ketones is 1. The fourth-order valence-corrected chi connectivity index (χ4v) is 4.26. The number of phenolic OH excluding ortho intramolecular Hbond substituents is 1. The first kappa shape index (κ1) is 27.9. The molecular weight excluding hydrogens is 476 g/mol. The van der Waals surface area contributed by atoms with Crippen molar-refractivity contribution in [1.29, 1.82) is 0 Å². The predicted molar refractivity (Wildman–Crippen MR) is 141 cm³/mol. The van der Waals surface area contributed by atoms with Gasteiger partial charge in [-0.05, 0) is 63.0 Å². The number of Topliss-reactive ketones (excluding diaryl/α,β-unsaturated/α-hetero) is 1. The molecule has 0 saturated carbocycles. The number of fused-ring (bicyclic) bond motifs is 1. The number of nitrogens with one attached hydrogen (secondary N) is 1. The van der Waals surface area contributed by atoms with Crippen LogP contribution in [0.4, 0.5) is 5.69 Å². The Morgan fingerprint density at radius 2 is 1.84 bits per heavy atom. The molecule has 1 amide bonds. The van der Waals surface area contributed by atoms with Gasteiger partial charge < -0.3 is 34.3 Å². The van der Waals surface area contributed by atoms with Gasteiger partial charge in [0.2, 0.25) is 11.7 Å². The molecule has 0 aliphatic carbocycles. The second-order valence-corrected chi connectivity index (χ2v) is 8.68. The first-order valence-corrected chi connectivity index (χ1v) is 12.4. The molecule has 0 radical (unpaired) electrons. The van der Waals surface area contributed by atoms with Crippen LogP contribution in [0.5, 0.6) is 28.7 Å². The summed E-state index contributed by atoms with van der Waals surface area (Å²) in [6.45, 7) is 7.42. The van der Waals surface area contributed by atoms with Gasteiger partial charge in [0.15, 0.2) is 17.3 Å². The van der Waals surface area contributed by atoms with E-state index in [1.807, 2.05) is 12.1 Å². The number of methoxy groups -OCH3 is 2. The monoisotopic (exact) mass is 512 g/mol. The molecule has 0 spiro atoms. The van der Waals surface area contributed by atoms with Gasteiger partial charge in [0.25, 0.3) is 0 Å². The number of aromatic hydroxyl groups is 1. The van der Waals surface area contributed by atoms with E-state index in [0.29, 0.717) is 67.6 Å². The molecule has 3 rings (SSSR count). The molecule has 0 unspecified atom stereocenters. The van der Waals surface area contributed by atoms with E-state index < -0.39 is 0 Å². The Labute approximate surface area is 218 Å². The highest BCUT2D eigenvalue weighted by Crippen LogP contribution is 2.42. The van der Waals surface area contributed by atoms with Crippen LogP contribution in [0.2, 0.25) is 0 Å². The van der Waals surface area contributed by atoms with Crippen molar-refractivity contribution in [2.45, 2.75) is 32.6 Å². The Kier molecular flexibility index (Phi) is 10.2. The van der Waals surface area contributed by atoms with Crippen molar-refractivity contribution >= 4 is 17.4 Å². The number of phenols is 1. The fraction of sp³-hybridized carbons (Fsp3) is 0.429. The maximum absolute atomic E-state index is 12.6. The SMILES string of the molecule is C=CCN1C(=O)CCc2c(OCCCNCCc3ccc(OC)c(OC)c3O)ccc(OCC(C)=O)c21. The van der Waals surface area contributed by atoms with Crippen LogP contribution in [-0.2, 0) is 22.4 Å². The summed E-state index contributed by atoms with van der Waals surface area (Å²) in [6, 6.07) is 7.19. The van der Waals surface area contributed by atoms with E-state index in [1.165, 1.54) is 21.1 Å². The number of amides is 1. The average Bonchev–Trinajstić information content (AvgIpc) is 2.89. The summed E-state index contributed by atoms with van der Waals surface area (Å²) >= 11 is 0. The summed E-state index contributed by atoms with van der Waals surface area (Å²) in [6.07, 6.45) is 3.99. The van der Waals surface area contributed by atoms with Gasteiger partial charge in [0.05, 0.1) is 26.5 Å². The first-order chi connectivity index (χ1) is 17.9. The quantitative estimate of drug-likeness (QED) is 0.276. The maximum Gasteiger partial charge on any atom is 0.227 e. The highest BCUT2D eigenvalue weighted by Gasteiger charge is 2.29. The minimum atomic E-state index is -0.0969. The molecule has 0 bridgehead atoms. The number of rotatable bonds is 15. The van der Waals surface area contributed by atoms with Crippen molar-refractivity contribution in [3.63, 3.8) is 0 Å². The van der Waals surface area contributed by atoms with Crippen LogP contribution in [0.1, 0.15) is 30.9 Å². The topological polar surface area (TPSA) is 107 Å². The molecule has 9 nitrogen and oxygen atoms in total. The van der Waals surface area contributed by atoms with E-state index in [1.54, 1.807) is 23.1 Å². The number of ether oxygens (including phenoxy) is 4. The summed E-state index contributed by atoms with van der Waals surface area (Å²) < 4.78 is 22.3. The lowest BCUT2D eigenvalue weighted by Gasteiger charge is -2.31. The highest BCUT2D eigenvalue weighted by atomic mass is 16.5. The third kappa shape index (κ3) is 6.95. The van der Waals surface area contributed by atoms with E-state index in [0.717, 1.165) is 24.1 Å². The molecule has 9 heteroatoms. The lowest BCUT2D eigenvalue weighted by atomic mass is 9.99. The van der Waals surface area contributed by atoms with Gasteiger partial charge in [-0.1, -0.05) is 12.1 Å². The number of hydrogen-bond donors (Lipinski definition) is 2. The zero-order valence-corrected chi connectivity index (χ0v) is 21.8. The first-order valence-electron chi connectivity index (χ1n) is 12.4. The lowest BCUT2D eigenvalue weighted by Crippen LogP contribution is -2.36. The molecule has 0 atom stereocenters. The van der Waals surface area contributed by atoms with Crippen LogP contribution in [0.25, 0.3) is 0 Å². The molecule has 2 aromatic rings. The standard InChI is InChI=1S/C28H36N2O7/c1-5-16-30-25(32)12-8-21-22(10-11-23(26(21)30)37-18-19(2)31)36-17-6-14-29-15-13-20-7-9-24(34-3)28(35-4)27(20)33/h5,7,9-11,29,33H,1,6,8,12-18H2,2-4H3. The Morgan fingerprint density at radius 3 is 2.54 bits per heavy atom. The molecule has 0 saturated heterocycles. The Morgan fingerprint density at radius 1 is 1.08 bits per heavy atom. The van der Waals surface area contributed by atoms with Crippen LogP contribution >= 0.6 is 0 Å². The lowest BCUT2D eigenvalue weighted by molar-refractivity contribution is -0.119. The molecule has 200 valence electrons. The van der Waals surface area contributed by atoms with Gasteiger partial charge in [0, 0.05) is 18.5 Å². The average molecular weight is 513 g/mol. The minimum absolute atomic E-state index is 0.0121. The second kappa shape index (κ2) is 13.5.